The molecule has 1 saturated heterocycles. The van der Waals surface area contributed by atoms with Crippen LogP contribution >= 0.6 is 0 Å². The van der Waals surface area contributed by atoms with E-state index in [0.717, 1.165) is 31.4 Å². The number of amides is 3. The van der Waals surface area contributed by atoms with Gasteiger partial charge >= 0.3 is 6.03 Å². The van der Waals surface area contributed by atoms with Gasteiger partial charge in [0, 0.05) is 25.3 Å². The van der Waals surface area contributed by atoms with E-state index in [0.29, 0.717) is 25.7 Å². The van der Waals surface area contributed by atoms with Crippen LogP contribution in [-0.2, 0) is 11.3 Å². The van der Waals surface area contributed by atoms with Gasteiger partial charge in [-0.2, -0.15) is 0 Å². The van der Waals surface area contributed by atoms with Crippen molar-refractivity contribution in [3.05, 3.63) is 30.1 Å². The number of hydrogen-bond donors (Lipinski definition) is 2. The third-order valence-corrected chi connectivity index (χ3v) is 5.18. The maximum Gasteiger partial charge on any atom is 0.317 e. The summed E-state index contributed by atoms with van der Waals surface area (Å²) in [5.41, 5.74) is 0.833. The normalized spacial score (nSPS) is 21.6. The lowest BCUT2D eigenvalue weighted by Gasteiger charge is -2.33. The zero-order chi connectivity index (χ0) is 17.5. The fourth-order valence-electron chi connectivity index (χ4n) is 3.72. The van der Waals surface area contributed by atoms with Crippen molar-refractivity contribution in [3.8, 4) is 0 Å². The third-order valence-electron chi connectivity index (χ3n) is 5.18. The lowest BCUT2D eigenvalue weighted by atomic mass is 9.93. The van der Waals surface area contributed by atoms with Crippen molar-refractivity contribution in [1.82, 2.24) is 20.5 Å². The van der Waals surface area contributed by atoms with Crippen LogP contribution in [0.5, 0.6) is 0 Å². The minimum absolute atomic E-state index is 0.0868. The second-order valence-corrected chi connectivity index (χ2v) is 7.11. The Morgan fingerprint density at radius 1 is 1.12 bits per heavy atom. The van der Waals surface area contributed by atoms with Crippen molar-refractivity contribution < 1.29 is 9.59 Å². The Morgan fingerprint density at radius 3 is 2.72 bits per heavy atom. The monoisotopic (exact) mass is 344 g/mol. The first-order valence-electron chi connectivity index (χ1n) is 9.45. The summed E-state index contributed by atoms with van der Waals surface area (Å²) in [5.74, 6) is 0.0328. The number of nitrogens with one attached hydrogen (secondary N) is 2. The topological polar surface area (TPSA) is 74.3 Å². The van der Waals surface area contributed by atoms with Gasteiger partial charge in [-0.15, -0.1) is 0 Å². The molecule has 2 N–H and O–H groups in total. The lowest BCUT2D eigenvalue weighted by molar-refractivity contribution is -0.127. The largest absolute Gasteiger partial charge is 0.353 e. The van der Waals surface area contributed by atoms with E-state index in [4.69, 9.17) is 0 Å². The molecule has 6 heteroatoms. The SMILES string of the molecule is O=C(NC1CCCCC1)C1CCCN(C(=O)NCc2ccccn2)C1. The van der Waals surface area contributed by atoms with Gasteiger partial charge in [0.25, 0.3) is 0 Å². The van der Waals surface area contributed by atoms with E-state index in [1.165, 1.54) is 19.3 Å². The van der Waals surface area contributed by atoms with Gasteiger partial charge in [0.1, 0.15) is 0 Å². The number of pyridine rings is 1. The fourth-order valence-corrected chi connectivity index (χ4v) is 3.72. The van der Waals surface area contributed by atoms with Crippen LogP contribution in [-0.4, -0.2) is 41.0 Å². The minimum atomic E-state index is -0.110. The van der Waals surface area contributed by atoms with Crippen LogP contribution in [0.3, 0.4) is 0 Å². The summed E-state index contributed by atoms with van der Waals surface area (Å²) in [4.78, 5) is 30.9. The van der Waals surface area contributed by atoms with E-state index in [-0.39, 0.29) is 17.9 Å². The molecule has 1 unspecified atom stereocenters. The molecule has 1 aliphatic carbocycles. The predicted octanol–water partition coefficient (Wildman–Crippen LogP) is 2.45. The average Bonchev–Trinajstić information content (AvgIpc) is 2.68. The molecule has 1 aromatic rings. The molecule has 0 bridgehead atoms. The van der Waals surface area contributed by atoms with Crippen LogP contribution < -0.4 is 10.6 Å². The van der Waals surface area contributed by atoms with Crippen molar-refractivity contribution in [2.75, 3.05) is 13.1 Å². The van der Waals surface area contributed by atoms with E-state index in [9.17, 15) is 9.59 Å². The van der Waals surface area contributed by atoms with Crippen LogP contribution in [0.1, 0.15) is 50.6 Å². The Kier molecular flexibility index (Phi) is 6.25. The molecule has 3 rings (SSSR count). The molecule has 136 valence electrons. The van der Waals surface area contributed by atoms with Crippen LogP contribution in [0.2, 0.25) is 0 Å². The molecule has 0 spiro atoms. The Morgan fingerprint density at radius 2 is 1.96 bits per heavy atom. The van der Waals surface area contributed by atoms with Gasteiger partial charge in [-0.3, -0.25) is 9.78 Å². The molecule has 1 atom stereocenters. The number of aromatic nitrogens is 1. The van der Waals surface area contributed by atoms with Gasteiger partial charge in [-0.05, 0) is 37.8 Å². The van der Waals surface area contributed by atoms with Crippen LogP contribution in [0, 0.1) is 5.92 Å². The van der Waals surface area contributed by atoms with E-state index in [2.05, 4.69) is 15.6 Å². The number of carbonyl (C=O) groups excluding carboxylic acids is 2. The number of rotatable bonds is 4. The van der Waals surface area contributed by atoms with E-state index in [1.807, 2.05) is 18.2 Å². The summed E-state index contributed by atoms with van der Waals surface area (Å²) < 4.78 is 0. The molecular formula is C19H28N4O2. The van der Waals surface area contributed by atoms with Crippen molar-refractivity contribution >= 4 is 11.9 Å². The quantitative estimate of drug-likeness (QED) is 0.881. The first-order chi connectivity index (χ1) is 12.2. The minimum Gasteiger partial charge on any atom is -0.353 e. The lowest BCUT2D eigenvalue weighted by Crippen LogP contribution is -2.50. The van der Waals surface area contributed by atoms with Crippen LogP contribution in [0.4, 0.5) is 4.79 Å². The second kappa shape index (κ2) is 8.83. The first kappa shape index (κ1) is 17.7. The number of nitrogens with zero attached hydrogens (tertiary/aromatic N) is 2. The molecule has 2 heterocycles. The van der Waals surface area contributed by atoms with Crippen molar-refractivity contribution in [2.24, 2.45) is 5.92 Å². The molecular weight excluding hydrogens is 316 g/mol. The van der Waals surface area contributed by atoms with Crippen molar-refractivity contribution in [2.45, 2.75) is 57.5 Å². The zero-order valence-electron chi connectivity index (χ0n) is 14.7. The van der Waals surface area contributed by atoms with E-state index < -0.39 is 0 Å². The Bertz CT molecular complexity index is 572. The number of likely N-dealkylation sites (tertiary alicyclic amines) is 1. The number of hydrogen-bond acceptors (Lipinski definition) is 3. The Balaban J connectivity index is 1.46. The summed E-state index contributed by atoms with van der Waals surface area (Å²) in [6.07, 6.45) is 9.32. The smallest absolute Gasteiger partial charge is 0.317 e. The Hall–Kier alpha value is -2.11. The first-order valence-corrected chi connectivity index (χ1v) is 9.45. The van der Waals surface area contributed by atoms with Gasteiger partial charge in [0.2, 0.25) is 5.91 Å². The second-order valence-electron chi connectivity index (χ2n) is 7.11. The maximum atomic E-state index is 12.5. The van der Waals surface area contributed by atoms with Gasteiger partial charge in [-0.25, -0.2) is 4.79 Å². The molecule has 0 radical (unpaired) electrons. The van der Waals surface area contributed by atoms with E-state index >= 15 is 0 Å². The highest BCUT2D eigenvalue weighted by atomic mass is 16.2. The maximum absolute atomic E-state index is 12.5. The highest BCUT2D eigenvalue weighted by molar-refractivity contribution is 5.81. The van der Waals surface area contributed by atoms with Gasteiger partial charge in [0.05, 0.1) is 18.2 Å². The van der Waals surface area contributed by atoms with Gasteiger partial charge < -0.3 is 15.5 Å². The van der Waals surface area contributed by atoms with Gasteiger partial charge in [0.15, 0.2) is 0 Å². The Labute approximate surface area is 149 Å². The molecule has 1 aromatic heterocycles. The average molecular weight is 344 g/mol. The number of piperidine rings is 1. The molecule has 2 aliphatic rings. The third kappa shape index (κ3) is 5.18. The highest BCUT2D eigenvalue weighted by Crippen LogP contribution is 2.20. The molecule has 2 fully saturated rings. The molecule has 3 amide bonds. The van der Waals surface area contributed by atoms with Crippen LogP contribution in [0.15, 0.2) is 24.4 Å². The van der Waals surface area contributed by atoms with Crippen LogP contribution in [0.25, 0.3) is 0 Å². The molecule has 25 heavy (non-hydrogen) atoms. The number of urea groups is 1. The molecule has 1 saturated carbocycles. The van der Waals surface area contributed by atoms with Gasteiger partial charge in [-0.1, -0.05) is 25.3 Å². The summed E-state index contributed by atoms with van der Waals surface area (Å²) in [6.45, 7) is 1.63. The standard InChI is InChI=1S/C19H28N4O2/c24-18(22-16-8-2-1-3-9-16)15-7-6-12-23(14-15)19(25)21-13-17-10-4-5-11-20-17/h4-5,10-11,15-16H,1-3,6-9,12-14H2,(H,21,25)(H,22,24). The van der Waals surface area contributed by atoms with Crippen molar-refractivity contribution in [1.29, 1.82) is 0 Å². The summed E-state index contributed by atoms with van der Waals surface area (Å²) in [6, 6.07) is 5.86. The highest BCUT2D eigenvalue weighted by Gasteiger charge is 2.29. The predicted molar refractivity (Wildman–Crippen MR) is 95.8 cm³/mol. The fraction of sp³-hybridized carbons (Fsp3) is 0.632. The summed E-state index contributed by atoms with van der Waals surface area (Å²) >= 11 is 0. The zero-order valence-corrected chi connectivity index (χ0v) is 14.7. The molecule has 6 nitrogen and oxygen atoms in total. The summed E-state index contributed by atoms with van der Waals surface area (Å²) in [7, 11) is 0. The van der Waals surface area contributed by atoms with Crippen molar-refractivity contribution in [3.63, 3.8) is 0 Å². The number of carbonyl (C=O) groups is 2. The summed E-state index contributed by atoms with van der Waals surface area (Å²) in [5, 5.41) is 6.10. The van der Waals surface area contributed by atoms with E-state index in [1.54, 1.807) is 11.1 Å². The molecule has 1 aliphatic heterocycles. The molecule has 0 aromatic carbocycles.